The molecule has 1 fully saturated rings. The molecule has 1 N–H and O–H groups in total. The van der Waals surface area contributed by atoms with Gasteiger partial charge in [-0.25, -0.2) is 0 Å². The van der Waals surface area contributed by atoms with Crippen molar-refractivity contribution in [1.82, 2.24) is 10.2 Å². The molecule has 2 atom stereocenters. The molecule has 4 nitrogen and oxygen atoms in total. The van der Waals surface area contributed by atoms with Crippen LogP contribution in [-0.4, -0.2) is 50.3 Å². The number of hydrogen-bond donors (Lipinski definition) is 1. The summed E-state index contributed by atoms with van der Waals surface area (Å²) in [5.74, 6) is 1.81. The maximum absolute atomic E-state index is 5.53. The highest BCUT2D eigenvalue weighted by atomic mass is 127. The lowest BCUT2D eigenvalue weighted by Gasteiger charge is -2.28. The maximum Gasteiger partial charge on any atom is 0.193 e. The largest absolute Gasteiger partial charge is 0.378 e. The number of guanidine groups is 1. The van der Waals surface area contributed by atoms with Crippen molar-refractivity contribution in [3.8, 4) is 0 Å². The quantitative estimate of drug-likeness (QED) is 0.771. The van der Waals surface area contributed by atoms with Gasteiger partial charge in [-0.05, 0) is 25.7 Å². The van der Waals surface area contributed by atoms with Crippen LogP contribution in [0.4, 0.5) is 0 Å². The molecule has 0 saturated carbocycles. The van der Waals surface area contributed by atoms with Gasteiger partial charge >= 0.3 is 0 Å². The van der Waals surface area contributed by atoms with Gasteiger partial charge in [-0.2, -0.15) is 0 Å². The lowest BCUT2D eigenvalue weighted by Crippen LogP contribution is -2.40. The van der Waals surface area contributed by atoms with Crippen molar-refractivity contribution in [3.05, 3.63) is 0 Å². The van der Waals surface area contributed by atoms with E-state index in [1.807, 2.05) is 0 Å². The second-order valence-electron chi connectivity index (χ2n) is 4.58. The zero-order valence-electron chi connectivity index (χ0n) is 10.1. The van der Waals surface area contributed by atoms with Crippen LogP contribution in [0.25, 0.3) is 0 Å². The van der Waals surface area contributed by atoms with Gasteiger partial charge in [0.2, 0.25) is 0 Å². The van der Waals surface area contributed by atoms with Crippen molar-refractivity contribution >= 4 is 29.9 Å². The molecule has 5 heteroatoms. The smallest absolute Gasteiger partial charge is 0.193 e. The number of likely N-dealkylation sites (N-methyl/N-ethyl adjacent to an activating group) is 1. The van der Waals surface area contributed by atoms with Crippen LogP contribution in [0.3, 0.4) is 0 Å². The molecule has 2 aliphatic rings. The summed E-state index contributed by atoms with van der Waals surface area (Å²) in [4.78, 5) is 6.60. The van der Waals surface area contributed by atoms with Gasteiger partial charge in [0, 0.05) is 26.7 Å². The van der Waals surface area contributed by atoms with Crippen molar-refractivity contribution in [2.45, 2.75) is 25.9 Å². The number of hydrogen-bond acceptors (Lipinski definition) is 4. The van der Waals surface area contributed by atoms with Crippen molar-refractivity contribution < 1.29 is 4.74 Å². The zero-order valence-corrected chi connectivity index (χ0v) is 12.4. The summed E-state index contributed by atoms with van der Waals surface area (Å²) in [6.07, 6.45) is 2.77. The Labute approximate surface area is 115 Å². The van der Waals surface area contributed by atoms with Crippen LogP contribution in [0.5, 0.6) is 0 Å². The molecule has 0 aromatic rings. The minimum atomic E-state index is 0. The molecule has 0 aliphatic carbocycles. The minimum absolute atomic E-state index is 0. The number of halogens is 1. The van der Waals surface area contributed by atoms with E-state index in [2.05, 4.69) is 29.2 Å². The van der Waals surface area contributed by atoms with Crippen molar-refractivity contribution in [3.63, 3.8) is 0 Å². The maximum atomic E-state index is 5.53. The Morgan fingerprint density at radius 3 is 3.00 bits per heavy atom. The van der Waals surface area contributed by atoms with Crippen molar-refractivity contribution in [2.24, 2.45) is 10.9 Å². The molecule has 2 aliphatic heterocycles. The van der Waals surface area contributed by atoms with E-state index in [1.165, 1.54) is 12.8 Å². The third-order valence-electron chi connectivity index (χ3n) is 3.20. The standard InChI is InChI=1S/C11H21N3O.HI/c1-9-7-10(3-6-15-9)8-13-11-12-4-5-14(11)2;/h9-10H,3-8H2,1-2H3,(H,12,13);1H. The summed E-state index contributed by atoms with van der Waals surface area (Å²) in [5, 5.41) is 3.44. The second kappa shape index (κ2) is 6.64. The van der Waals surface area contributed by atoms with Crippen LogP contribution in [0, 0.1) is 5.92 Å². The monoisotopic (exact) mass is 339 g/mol. The van der Waals surface area contributed by atoms with Gasteiger partial charge in [0.1, 0.15) is 0 Å². The van der Waals surface area contributed by atoms with Gasteiger partial charge in [0.15, 0.2) is 5.96 Å². The summed E-state index contributed by atoms with van der Waals surface area (Å²) < 4.78 is 5.53. The zero-order chi connectivity index (χ0) is 10.7. The Bertz CT molecular complexity index is 247. The lowest BCUT2D eigenvalue weighted by molar-refractivity contribution is 0.00372. The lowest BCUT2D eigenvalue weighted by atomic mass is 9.96. The molecule has 2 heterocycles. The van der Waals surface area contributed by atoms with Crippen LogP contribution in [0.15, 0.2) is 4.99 Å². The molecule has 94 valence electrons. The van der Waals surface area contributed by atoms with Crippen LogP contribution in [-0.2, 0) is 4.74 Å². The SMILES string of the molecule is CC1CC(CNC2=NCCN2C)CCO1.I. The number of nitrogens with zero attached hydrogens (tertiary/aromatic N) is 2. The van der Waals surface area contributed by atoms with Gasteiger partial charge in [0.25, 0.3) is 0 Å². The Balaban J connectivity index is 0.00000128. The van der Waals surface area contributed by atoms with Crippen LogP contribution in [0.2, 0.25) is 0 Å². The summed E-state index contributed by atoms with van der Waals surface area (Å²) in [6, 6.07) is 0. The third kappa shape index (κ3) is 3.76. The third-order valence-corrected chi connectivity index (χ3v) is 3.20. The summed E-state index contributed by atoms with van der Waals surface area (Å²) in [6.45, 7) is 6.09. The summed E-state index contributed by atoms with van der Waals surface area (Å²) >= 11 is 0. The molecular formula is C11H22IN3O. The van der Waals surface area contributed by atoms with E-state index >= 15 is 0 Å². The molecule has 0 aromatic heterocycles. The fourth-order valence-electron chi connectivity index (χ4n) is 2.24. The predicted molar refractivity (Wildman–Crippen MR) is 76.5 cm³/mol. The first-order valence-electron chi connectivity index (χ1n) is 5.87. The van der Waals surface area contributed by atoms with Gasteiger partial charge in [-0.1, -0.05) is 0 Å². The molecule has 16 heavy (non-hydrogen) atoms. The molecule has 0 spiro atoms. The first-order valence-corrected chi connectivity index (χ1v) is 5.87. The van der Waals surface area contributed by atoms with E-state index in [0.717, 1.165) is 38.1 Å². The molecule has 1 saturated heterocycles. The molecule has 0 aromatic carbocycles. The molecule has 0 amide bonds. The van der Waals surface area contributed by atoms with Crippen LogP contribution >= 0.6 is 24.0 Å². The Morgan fingerprint density at radius 2 is 2.38 bits per heavy atom. The van der Waals surface area contributed by atoms with E-state index in [1.54, 1.807) is 0 Å². The highest BCUT2D eigenvalue weighted by molar-refractivity contribution is 14.0. The normalized spacial score (nSPS) is 29.6. The van der Waals surface area contributed by atoms with Crippen LogP contribution in [0.1, 0.15) is 19.8 Å². The van der Waals surface area contributed by atoms with E-state index in [9.17, 15) is 0 Å². The second-order valence-corrected chi connectivity index (χ2v) is 4.58. The van der Waals surface area contributed by atoms with E-state index < -0.39 is 0 Å². The van der Waals surface area contributed by atoms with Gasteiger partial charge in [-0.15, -0.1) is 24.0 Å². The molecule has 2 rings (SSSR count). The number of ether oxygens (including phenoxy) is 1. The summed E-state index contributed by atoms with van der Waals surface area (Å²) in [7, 11) is 2.09. The van der Waals surface area contributed by atoms with Gasteiger partial charge < -0.3 is 15.0 Å². The van der Waals surface area contributed by atoms with Crippen molar-refractivity contribution in [1.29, 1.82) is 0 Å². The fraction of sp³-hybridized carbons (Fsp3) is 0.909. The molecule has 0 radical (unpaired) electrons. The van der Waals surface area contributed by atoms with Gasteiger partial charge in [0.05, 0.1) is 12.6 Å². The number of nitrogens with one attached hydrogen (secondary N) is 1. The molecular weight excluding hydrogens is 317 g/mol. The Hall–Kier alpha value is -0.0400. The average molecular weight is 339 g/mol. The highest BCUT2D eigenvalue weighted by Crippen LogP contribution is 2.18. The fourth-order valence-corrected chi connectivity index (χ4v) is 2.24. The van der Waals surface area contributed by atoms with Gasteiger partial charge in [-0.3, -0.25) is 4.99 Å². The Morgan fingerprint density at radius 1 is 1.56 bits per heavy atom. The first-order chi connectivity index (χ1) is 7.25. The van der Waals surface area contributed by atoms with Crippen LogP contribution < -0.4 is 5.32 Å². The van der Waals surface area contributed by atoms with E-state index in [-0.39, 0.29) is 24.0 Å². The first kappa shape index (κ1) is 14.0. The predicted octanol–water partition coefficient (Wildman–Crippen LogP) is 1.31. The number of aliphatic imine (C=N–C) groups is 1. The minimum Gasteiger partial charge on any atom is -0.378 e. The molecule has 0 bridgehead atoms. The summed E-state index contributed by atoms with van der Waals surface area (Å²) in [5.41, 5.74) is 0. The van der Waals surface area contributed by atoms with Crippen molar-refractivity contribution in [2.75, 3.05) is 33.3 Å². The molecule has 2 unspecified atom stereocenters. The average Bonchev–Trinajstić information content (AvgIpc) is 2.61. The Kier molecular flexibility index (Phi) is 5.82. The number of rotatable bonds is 2. The van der Waals surface area contributed by atoms with E-state index in [0.29, 0.717) is 6.10 Å². The highest BCUT2D eigenvalue weighted by Gasteiger charge is 2.20. The topological polar surface area (TPSA) is 36.9 Å². The van der Waals surface area contributed by atoms with E-state index in [4.69, 9.17) is 4.74 Å².